The van der Waals surface area contributed by atoms with Crippen molar-refractivity contribution in [2.75, 3.05) is 0 Å². The van der Waals surface area contributed by atoms with E-state index in [1.165, 1.54) is 25.7 Å². The molecule has 10 heavy (non-hydrogen) atoms. The highest BCUT2D eigenvalue weighted by Crippen LogP contribution is 1.95. The molecule has 0 aliphatic heterocycles. The molecule has 0 aliphatic carbocycles. The maximum atomic E-state index is 8.93. The van der Waals surface area contributed by atoms with Gasteiger partial charge in [-0.1, -0.05) is 49.2 Å². The van der Waals surface area contributed by atoms with Crippen LogP contribution in [0.3, 0.4) is 0 Å². The maximum absolute atomic E-state index is 8.93. The van der Waals surface area contributed by atoms with Crippen LogP contribution >= 0.6 is 0 Å². The minimum absolute atomic E-state index is 1.36. The topological polar surface area (TPSA) is 37.3 Å². The Hall–Kier alpha value is 0.330. The summed E-state index contributed by atoms with van der Waals surface area (Å²) in [7, 11) is -2.03. The van der Waals surface area contributed by atoms with Crippen LogP contribution in [0.1, 0.15) is 39.5 Å². The van der Waals surface area contributed by atoms with E-state index >= 15 is 0 Å². The largest absolute Gasteiger partial charge is 0.459 e. The van der Waals surface area contributed by atoms with Gasteiger partial charge in [-0.15, -0.1) is 0 Å². The molecule has 0 amide bonds. The first kappa shape index (κ1) is 13.0. The summed E-state index contributed by atoms with van der Waals surface area (Å²) < 4.78 is 16.3. The standard InChI is InChI=1S/C6H14.HO2S2/c1-3-5-6-4-2;1-4(2)3/h3-6H2,1-2H3;(H,1,2,3)/q;-1. The molecule has 0 aliphatic rings. The van der Waals surface area contributed by atoms with E-state index in [1.807, 2.05) is 0 Å². The lowest BCUT2D eigenvalue weighted by Crippen LogP contribution is -1.66. The van der Waals surface area contributed by atoms with Crippen LogP contribution in [0.5, 0.6) is 0 Å². The smallest absolute Gasteiger partial charge is 0.0536 e. The van der Waals surface area contributed by atoms with Crippen molar-refractivity contribution in [3.05, 3.63) is 0 Å². The van der Waals surface area contributed by atoms with Crippen molar-refractivity contribution in [2.45, 2.75) is 39.5 Å². The van der Waals surface area contributed by atoms with Crippen LogP contribution < -0.4 is 0 Å². The van der Waals surface area contributed by atoms with Crippen LogP contribution in [0.25, 0.3) is 0 Å². The summed E-state index contributed by atoms with van der Waals surface area (Å²) in [6.45, 7) is 4.46. The van der Waals surface area contributed by atoms with Crippen molar-refractivity contribution in [2.24, 2.45) is 0 Å². The Bertz CT molecular complexity index is 98.3. The van der Waals surface area contributed by atoms with Gasteiger partial charge >= 0.3 is 0 Å². The lowest BCUT2D eigenvalue weighted by atomic mass is 10.2. The fourth-order valence-corrected chi connectivity index (χ4v) is 0.500. The monoisotopic (exact) mass is 183 g/mol. The van der Waals surface area contributed by atoms with Crippen LogP contribution in [0, 0.1) is 0 Å². The highest BCUT2D eigenvalue weighted by molar-refractivity contribution is 8.18. The van der Waals surface area contributed by atoms with E-state index in [9.17, 15) is 0 Å². The van der Waals surface area contributed by atoms with E-state index in [0.29, 0.717) is 0 Å². The molecule has 0 saturated heterocycles. The molecule has 0 radical (unpaired) electrons. The molecule has 4 heteroatoms. The Morgan fingerprint density at radius 1 is 1.30 bits per heavy atom. The SMILES string of the molecule is CCCCCC.O=[S-](O)=S. The zero-order valence-corrected chi connectivity index (χ0v) is 8.13. The molecule has 0 saturated carbocycles. The van der Waals surface area contributed by atoms with Crippen molar-refractivity contribution in [3.63, 3.8) is 0 Å². The molecule has 0 aromatic heterocycles. The second kappa shape index (κ2) is 12.0. The molecule has 0 spiro atoms. The van der Waals surface area contributed by atoms with Crippen LogP contribution in [0.4, 0.5) is 0 Å². The first-order chi connectivity index (χ1) is 4.65. The molecule has 2 nitrogen and oxygen atoms in total. The van der Waals surface area contributed by atoms with E-state index in [4.69, 9.17) is 8.76 Å². The van der Waals surface area contributed by atoms with Gasteiger partial charge in [0.25, 0.3) is 0 Å². The highest BCUT2D eigenvalue weighted by Gasteiger charge is 1.75. The Labute approximate surface area is 69.6 Å². The summed E-state index contributed by atoms with van der Waals surface area (Å²) in [6, 6.07) is 0. The summed E-state index contributed by atoms with van der Waals surface area (Å²) in [5.41, 5.74) is 0. The summed E-state index contributed by atoms with van der Waals surface area (Å²) >= 11 is 3.65. The first-order valence-corrected chi connectivity index (χ1v) is 5.46. The summed E-state index contributed by atoms with van der Waals surface area (Å²) in [5, 5.41) is 0. The molecule has 0 unspecified atom stereocenters. The predicted molar refractivity (Wildman–Crippen MR) is 47.9 cm³/mol. The number of hydrogen-bond acceptors (Lipinski definition) is 3. The zero-order valence-electron chi connectivity index (χ0n) is 6.50. The van der Waals surface area contributed by atoms with Crippen LogP contribution in [-0.4, -0.2) is 4.55 Å². The molecular weight excluding hydrogens is 168 g/mol. The Balaban J connectivity index is 0. The summed E-state index contributed by atoms with van der Waals surface area (Å²) in [4.78, 5) is 0. The molecule has 0 aromatic carbocycles. The second-order valence-electron chi connectivity index (χ2n) is 1.92. The third-order valence-electron chi connectivity index (χ3n) is 0.957. The quantitative estimate of drug-likeness (QED) is 0.415. The van der Waals surface area contributed by atoms with E-state index in [2.05, 4.69) is 25.0 Å². The van der Waals surface area contributed by atoms with Gasteiger partial charge in [-0.2, -0.15) is 0 Å². The highest BCUT2D eigenvalue weighted by atomic mass is 32.8. The number of hydrogen-bond donors (Lipinski definition) is 1. The maximum Gasteiger partial charge on any atom is -0.0536 e. The Morgan fingerprint density at radius 3 is 1.60 bits per heavy atom. The van der Waals surface area contributed by atoms with Crippen molar-refractivity contribution in [3.8, 4) is 0 Å². The third kappa shape index (κ3) is 40.4. The lowest BCUT2D eigenvalue weighted by molar-refractivity contribution is 0.536. The second-order valence-corrected chi connectivity index (χ2v) is 3.21. The molecule has 64 valence electrons. The number of rotatable bonds is 3. The molecular formula is C6H15O2S2-. The Kier molecular flexibility index (Phi) is 15.6. The van der Waals surface area contributed by atoms with Gasteiger partial charge in [0.05, 0.1) is 0 Å². The Morgan fingerprint density at radius 2 is 1.50 bits per heavy atom. The van der Waals surface area contributed by atoms with E-state index < -0.39 is 9.64 Å². The van der Waals surface area contributed by atoms with E-state index in [-0.39, 0.29) is 0 Å². The molecule has 0 bridgehead atoms. The van der Waals surface area contributed by atoms with Gasteiger partial charge in [0.2, 0.25) is 0 Å². The van der Waals surface area contributed by atoms with Gasteiger partial charge in [0, 0.05) is 0 Å². The van der Waals surface area contributed by atoms with Gasteiger partial charge in [-0.05, 0) is 0 Å². The van der Waals surface area contributed by atoms with E-state index in [0.717, 1.165) is 0 Å². The fourth-order valence-electron chi connectivity index (χ4n) is 0.500. The van der Waals surface area contributed by atoms with Crippen LogP contribution in [-0.2, 0) is 25.0 Å². The van der Waals surface area contributed by atoms with Gasteiger partial charge in [-0.25, -0.2) is 11.2 Å². The summed E-state index contributed by atoms with van der Waals surface area (Å²) in [6.07, 6.45) is 5.54. The molecule has 0 aromatic rings. The molecule has 1 N–H and O–H groups in total. The minimum atomic E-state index is -2.03. The summed E-state index contributed by atoms with van der Waals surface area (Å²) in [5.74, 6) is 0. The predicted octanol–water partition coefficient (Wildman–Crippen LogP) is 2.47. The van der Waals surface area contributed by atoms with Gasteiger partial charge in [-0.3, -0.25) is 0 Å². The zero-order chi connectivity index (χ0) is 8.41. The van der Waals surface area contributed by atoms with Crippen molar-refractivity contribution < 1.29 is 8.76 Å². The lowest BCUT2D eigenvalue weighted by Gasteiger charge is -1.86. The molecule has 0 rings (SSSR count). The molecule has 0 atom stereocenters. The first-order valence-electron chi connectivity index (χ1n) is 3.43. The van der Waals surface area contributed by atoms with Crippen molar-refractivity contribution in [1.29, 1.82) is 0 Å². The van der Waals surface area contributed by atoms with E-state index in [1.54, 1.807) is 0 Å². The fraction of sp³-hybridized carbons (Fsp3) is 1.00. The molecule has 0 heterocycles. The van der Waals surface area contributed by atoms with Gasteiger partial charge in [0.15, 0.2) is 0 Å². The third-order valence-corrected chi connectivity index (χ3v) is 0.957. The average molecular weight is 183 g/mol. The number of unbranched alkanes of at least 4 members (excludes halogenated alkanes) is 3. The van der Waals surface area contributed by atoms with Gasteiger partial charge < -0.3 is 8.76 Å². The van der Waals surface area contributed by atoms with Crippen LogP contribution in [0.2, 0.25) is 0 Å². The van der Waals surface area contributed by atoms with Crippen LogP contribution in [0.15, 0.2) is 0 Å². The normalized spacial score (nSPS) is 8.80. The van der Waals surface area contributed by atoms with Gasteiger partial charge in [0.1, 0.15) is 0 Å². The minimum Gasteiger partial charge on any atom is -0.459 e. The van der Waals surface area contributed by atoms with Crippen molar-refractivity contribution in [1.82, 2.24) is 0 Å². The molecule has 0 fully saturated rings. The van der Waals surface area contributed by atoms with Crippen molar-refractivity contribution >= 4 is 20.8 Å². The average Bonchev–Trinajstić information content (AvgIpc) is 1.82.